The minimum absolute atomic E-state index is 0.814. The predicted molar refractivity (Wildman–Crippen MR) is 224 cm³/mol. The Labute approximate surface area is 304 Å². The van der Waals surface area contributed by atoms with Gasteiger partial charge in [-0.1, -0.05) is 197 Å². The first-order chi connectivity index (χ1) is 24.9. The second-order valence-electron chi connectivity index (χ2n) is 12.3. The SMILES string of the molecule is C=C(/C=C\c1ccccc1C)c1cc(C/C=C\c2ccccc2)cc(-c2ccc(/C(N=C(C)c3ccccc3)=c3\ccccc3=C)cc2)c1.CC. The fourth-order valence-electron chi connectivity index (χ4n) is 5.88. The molecule has 1 nitrogen and oxygen atoms in total. The van der Waals surface area contributed by atoms with Crippen molar-refractivity contribution in [1.29, 1.82) is 0 Å². The van der Waals surface area contributed by atoms with Gasteiger partial charge in [-0.15, -0.1) is 0 Å². The van der Waals surface area contributed by atoms with Crippen LogP contribution in [0.3, 0.4) is 0 Å². The number of nitrogens with zero attached hydrogens (tertiary/aromatic N) is 1. The zero-order valence-corrected chi connectivity index (χ0v) is 30.3. The molecule has 0 spiro atoms. The summed E-state index contributed by atoms with van der Waals surface area (Å²) < 4.78 is 0. The van der Waals surface area contributed by atoms with Crippen LogP contribution in [0.4, 0.5) is 0 Å². The van der Waals surface area contributed by atoms with Gasteiger partial charge in [-0.25, -0.2) is 0 Å². The molecule has 252 valence electrons. The van der Waals surface area contributed by atoms with E-state index in [-0.39, 0.29) is 0 Å². The van der Waals surface area contributed by atoms with Crippen molar-refractivity contribution in [1.82, 2.24) is 0 Å². The Morgan fingerprint density at radius 1 is 0.627 bits per heavy atom. The Morgan fingerprint density at radius 3 is 1.98 bits per heavy atom. The van der Waals surface area contributed by atoms with Crippen LogP contribution >= 0.6 is 0 Å². The molecule has 6 aromatic rings. The highest BCUT2D eigenvalue weighted by Crippen LogP contribution is 2.29. The number of aryl methyl sites for hydroxylation is 1. The molecule has 0 aliphatic rings. The van der Waals surface area contributed by atoms with Gasteiger partial charge < -0.3 is 0 Å². The van der Waals surface area contributed by atoms with Gasteiger partial charge in [0.05, 0.1) is 5.70 Å². The average Bonchev–Trinajstić information content (AvgIpc) is 3.18. The van der Waals surface area contributed by atoms with Crippen LogP contribution in [0.15, 0.2) is 175 Å². The summed E-state index contributed by atoms with van der Waals surface area (Å²) in [5.74, 6) is 0. The first-order valence-corrected chi connectivity index (χ1v) is 17.7. The zero-order valence-electron chi connectivity index (χ0n) is 30.3. The van der Waals surface area contributed by atoms with Gasteiger partial charge in [-0.2, -0.15) is 0 Å². The Morgan fingerprint density at radius 2 is 1.27 bits per heavy atom. The highest BCUT2D eigenvalue weighted by atomic mass is 14.8. The van der Waals surface area contributed by atoms with Crippen LogP contribution in [0.1, 0.15) is 59.7 Å². The van der Waals surface area contributed by atoms with Crippen molar-refractivity contribution >= 4 is 35.7 Å². The molecule has 0 atom stereocenters. The summed E-state index contributed by atoms with van der Waals surface area (Å²) in [5.41, 5.74) is 13.3. The standard InChI is InChI=1S/C48H41N.C2H6/c1-35-16-11-13-22-41(35)27-26-36(2)45-32-40(21-15-20-39-18-7-5-8-19-39)33-46(34-45)43-28-30-44(31-29-43)48(47-25-14-12-17-37(47)3)49-38(4)42-23-9-6-10-24-42;1-2/h5-20,22-34H,2-3,21H2,1,4H3;1-2H3/b20-15-,27-26-,48-47-,49-38?;. The lowest BCUT2D eigenvalue weighted by Gasteiger charge is -2.12. The second-order valence-corrected chi connectivity index (χ2v) is 12.3. The minimum atomic E-state index is 0.814. The second kappa shape index (κ2) is 18.1. The van der Waals surface area contributed by atoms with E-state index in [0.29, 0.717) is 0 Å². The summed E-state index contributed by atoms with van der Waals surface area (Å²) in [6.45, 7) is 17.0. The van der Waals surface area contributed by atoms with Crippen LogP contribution in [0, 0.1) is 6.92 Å². The zero-order chi connectivity index (χ0) is 36.0. The summed E-state index contributed by atoms with van der Waals surface area (Å²) in [7, 11) is 0. The number of hydrogen-bond acceptors (Lipinski definition) is 1. The smallest absolute Gasteiger partial charge is 0.0783 e. The third-order valence-electron chi connectivity index (χ3n) is 8.71. The molecular formula is C50H47N. The summed E-state index contributed by atoms with van der Waals surface area (Å²) in [6, 6.07) is 52.9. The molecule has 0 aromatic heterocycles. The number of allylic oxidation sites excluding steroid dienone is 3. The molecular weight excluding hydrogens is 615 g/mol. The molecule has 0 N–H and O–H groups in total. The molecule has 0 saturated heterocycles. The van der Waals surface area contributed by atoms with Crippen LogP contribution in [-0.4, -0.2) is 5.71 Å². The maximum Gasteiger partial charge on any atom is 0.0783 e. The van der Waals surface area contributed by atoms with Crippen molar-refractivity contribution in [3.8, 4) is 11.1 Å². The van der Waals surface area contributed by atoms with Crippen molar-refractivity contribution < 1.29 is 0 Å². The van der Waals surface area contributed by atoms with Gasteiger partial charge in [-0.3, -0.25) is 4.99 Å². The van der Waals surface area contributed by atoms with E-state index >= 15 is 0 Å². The van der Waals surface area contributed by atoms with Gasteiger partial charge in [0, 0.05) is 16.5 Å². The Balaban J connectivity index is 0.00000248. The van der Waals surface area contributed by atoms with E-state index in [2.05, 4.69) is 161 Å². The maximum atomic E-state index is 5.18. The predicted octanol–water partition coefficient (Wildman–Crippen LogP) is 11.7. The van der Waals surface area contributed by atoms with Crippen molar-refractivity contribution in [3.63, 3.8) is 0 Å². The average molecular weight is 662 g/mol. The summed E-state index contributed by atoms with van der Waals surface area (Å²) in [6.07, 6.45) is 9.51. The van der Waals surface area contributed by atoms with Gasteiger partial charge in [-0.05, 0) is 81.6 Å². The van der Waals surface area contributed by atoms with Crippen molar-refractivity contribution in [3.05, 3.63) is 220 Å². The summed E-state index contributed by atoms with van der Waals surface area (Å²) in [4.78, 5) is 5.18. The van der Waals surface area contributed by atoms with Crippen LogP contribution in [0.5, 0.6) is 0 Å². The summed E-state index contributed by atoms with van der Waals surface area (Å²) in [5, 5.41) is 1.97. The Hall–Kier alpha value is -6.05. The van der Waals surface area contributed by atoms with E-state index < -0.39 is 0 Å². The normalized spacial score (nSPS) is 12.0. The van der Waals surface area contributed by atoms with Gasteiger partial charge in [0.15, 0.2) is 0 Å². The highest BCUT2D eigenvalue weighted by molar-refractivity contribution is 6.01. The lowest BCUT2D eigenvalue weighted by molar-refractivity contribution is 1.27. The van der Waals surface area contributed by atoms with Crippen LogP contribution in [-0.2, 0) is 6.42 Å². The topological polar surface area (TPSA) is 12.4 Å². The van der Waals surface area contributed by atoms with E-state index in [1.807, 2.05) is 56.3 Å². The Bertz CT molecular complexity index is 2270. The van der Waals surface area contributed by atoms with Gasteiger partial charge in [0.25, 0.3) is 0 Å². The molecule has 0 saturated carbocycles. The Kier molecular flexibility index (Phi) is 12.9. The van der Waals surface area contributed by atoms with Crippen molar-refractivity contribution in [2.24, 2.45) is 4.99 Å². The number of aliphatic imine (C=N–C) groups is 1. The van der Waals surface area contributed by atoms with Gasteiger partial charge in [0.1, 0.15) is 0 Å². The molecule has 51 heavy (non-hydrogen) atoms. The van der Waals surface area contributed by atoms with E-state index in [0.717, 1.165) is 61.7 Å². The molecule has 0 unspecified atom stereocenters. The van der Waals surface area contributed by atoms with Gasteiger partial charge in [0.2, 0.25) is 0 Å². The molecule has 1 heteroatoms. The lowest BCUT2D eigenvalue weighted by atomic mass is 9.94. The third kappa shape index (κ3) is 9.78. The quantitative estimate of drug-likeness (QED) is 0.102. The van der Waals surface area contributed by atoms with Crippen molar-refractivity contribution in [2.75, 3.05) is 0 Å². The number of hydrogen-bond donors (Lipinski definition) is 0. The largest absolute Gasteiger partial charge is 0.252 e. The third-order valence-corrected chi connectivity index (χ3v) is 8.71. The van der Waals surface area contributed by atoms with E-state index in [1.54, 1.807) is 0 Å². The molecule has 0 aliphatic heterocycles. The van der Waals surface area contributed by atoms with E-state index in [4.69, 9.17) is 4.99 Å². The van der Waals surface area contributed by atoms with E-state index in [1.165, 1.54) is 22.3 Å². The summed E-state index contributed by atoms with van der Waals surface area (Å²) >= 11 is 0. The fourth-order valence-corrected chi connectivity index (χ4v) is 5.88. The first kappa shape index (κ1) is 36.2. The fraction of sp³-hybridized carbons (Fsp3) is 0.100. The van der Waals surface area contributed by atoms with E-state index in [9.17, 15) is 0 Å². The molecule has 0 heterocycles. The molecule has 0 fully saturated rings. The minimum Gasteiger partial charge on any atom is -0.252 e. The first-order valence-electron chi connectivity index (χ1n) is 17.7. The molecule has 0 amide bonds. The van der Waals surface area contributed by atoms with Crippen LogP contribution in [0.2, 0.25) is 0 Å². The molecule has 0 radical (unpaired) electrons. The molecule has 6 rings (SSSR count). The number of benzene rings is 6. The molecule has 0 bridgehead atoms. The number of rotatable bonds is 10. The molecule has 0 aliphatic carbocycles. The van der Waals surface area contributed by atoms with Gasteiger partial charge >= 0.3 is 0 Å². The maximum absolute atomic E-state index is 5.18. The lowest BCUT2D eigenvalue weighted by Crippen LogP contribution is -2.25. The van der Waals surface area contributed by atoms with Crippen LogP contribution < -0.4 is 10.4 Å². The monoisotopic (exact) mass is 661 g/mol. The molecule has 6 aromatic carbocycles. The van der Waals surface area contributed by atoms with Crippen LogP contribution in [0.25, 0.3) is 41.1 Å². The van der Waals surface area contributed by atoms with Crippen molar-refractivity contribution in [2.45, 2.75) is 34.1 Å². The highest BCUT2D eigenvalue weighted by Gasteiger charge is 2.09.